The molecule has 25 heavy (non-hydrogen) atoms. The Morgan fingerprint density at radius 3 is 2.56 bits per heavy atom. The minimum absolute atomic E-state index is 0.218. The van der Waals surface area contributed by atoms with Gasteiger partial charge in [-0.15, -0.1) is 0 Å². The van der Waals surface area contributed by atoms with Gasteiger partial charge in [0.1, 0.15) is 12.4 Å². The number of para-hydroxylation sites is 1. The van der Waals surface area contributed by atoms with Crippen molar-refractivity contribution in [3.63, 3.8) is 0 Å². The minimum Gasteiger partial charge on any atom is -0.493 e. The fourth-order valence-corrected chi connectivity index (χ4v) is 2.27. The molecule has 2 aromatic rings. The molecule has 0 unspecified atom stereocenters. The van der Waals surface area contributed by atoms with Crippen molar-refractivity contribution in [2.45, 2.75) is 0 Å². The van der Waals surface area contributed by atoms with Gasteiger partial charge in [0, 0.05) is 16.7 Å². The van der Waals surface area contributed by atoms with Gasteiger partial charge in [0.25, 0.3) is 0 Å². The van der Waals surface area contributed by atoms with Crippen molar-refractivity contribution >= 4 is 23.6 Å². The van der Waals surface area contributed by atoms with Crippen LogP contribution in [0.15, 0.2) is 48.5 Å². The molecule has 0 aromatic heterocycles. The maximum Gasteiger partial charge on any atom is 0.244 e. The highest BCUT2D eigenvalue weighted by molar-refractivity contribution is 6.30. The molecule has 0 fully saturated rings. The summed E-state index contributed by atoms with van der Waals surface area (Å²) in [7, 11) is 3.13. The number of benzene rings is 2. The van der Waals surface area contributed by atoms with Crippen LogP contribution in [0.3, 0.4) is 0 Å². The summed E-state index contributed by atoms with van der Waals surface area (Å²) in [5, 5.41) is 3.40. The summed E-state index contributed by atoms with van der Waals surface area (Å²) in [5.74, 6) is 1.68. The molecule has 6 heteroatoms. The molecule has 132 valence electrons. The van der Waals surface area contributed by atoms with Gasteiger partial charge in [-0.1, -0.05) is 23.7 Å². The SMILES string of the molecule is COc1cccc(/C=C/C(=O)NCCOc2ccc(Cl)cc2)c1OC. The van der Waals surface area contributed by atoms with Crippen LogP contribution in [-0.4, -0.2) is 33.3 Å². The highest BCUT2D eigenvalue weighted by atomic mass is 35.5. The second-order valence-corrected chi connectivity index (χ2v) is 5.45. The van der Waals surface area contributed by atoms with Crippen LogP contribution < -0.4 is 19.5 Å². The molecule has 0 radical (unpaired) electrons. The van der Waals surface area contributed by atoms with Gasteiger partial charge in [0.2, 0.25) is 5.91 Å². The summed E-state index contributed by atoms with van der Waals surface area (Å²) in [6, 6.07) is 12.5. The average molecular weight is 362 g/mol. The first kappa shape index (κ1) is 18.7. The van der Waals surface area contributed by atoms with E-state index in [2.05, 4.69) is 5.32 Å². The number of hydrogen-bond donors (Lipinski definition) is 1. The lowest BCUT2D eigenvalue weighted by Gasteiger charge is -2.10. The van der Waals surface area contributed by atoms with E-state index in [0.717, 1.165) is 5.56 Å². The topological polar surface area (TPSA) is 56.8 Å². The van der Waals surface area contributed by atoms with Crippen LogP contribution in [0.2, 0.25) is 5.02 Å². The molecule has 0 aliphatic carbocycles. The molecular weight excluding hydrogens is 342 g/mol. The highest BCUT2D eigenvalue weighted by Crippen LogP contribution is 2.31. The molecule has 1 amide bonds. The maximum atomic E-state index is 11.9. The molecule has 0 atom stereocenters. The molecule has 0 aliphatic rings. The fourth-order valence-electron chi connectivity index (χ4n) is 2.14. The Hall–Kier alpha value is -2.66. The normalized spacial score (nSPS) is 10.5. The van der Waals surface area contributed by atoms with Crippen molar-refractivity contribution in [1.29, 1.82) is 0 Å². The Labute approximate surface area is 152 Å². The van der Waals surface area contributed by atoms with E-state index in [-0.39, 0.29) is 5.91 Å². The maximum absolute atomic E-state index is 11.9. The van der Waals surface area contributed by atoms with E-state index in [9.17, 15) is 4.79 Å². The highest BCUT2D eigenvalue weighted by Gasteiger charge is 2.07. The number of amides is 1. The smallest absolute Gasteiger partial charge is 0.244 e. The van der Waals surface area contributed by atoms with Crippen molar-refractivity contribution in [2.24, 2.45) is 0 Å². The van der Waals surface area contributed by atoms with E-state index in [1.54, 1.807) is 50.6 Å². The molecule has 0 saturated heterocycles. The number of carbonyl (C=O) groups excluding carboxylic acids is 1. The number of carbonyl (C=O) groups is 1. The standard InChI is InChI=1S/C19H20ClNO4/c1-23-17-5-3-4-14(19(17)24-2)6-11-18(22)21-12-13-25-16-9-7-15(20)8-10-16/h3-11H,12-13H2,1-2H3,(H,21,22)/b11-6+. The van der Waals surface area contributed by atoms with Gasteiger partial charge in [-0.2, -0.15) is 0 Å². The third kappa shape index (κ3) is 5.72. The number of hydrogen-bond acceptors (Lipinski definition) is 4. The Morgan fingerprint density at radius 1 is 1.12 bits per heavy atom. The second-order valence-electron chi connectivity index (χ2n) is 5.01. The van der Waals surface area contributed by atoms with Gasteiger partial charge in [0.15, 0.2) is 11.5 Å². The molecule has 2 rings (SSSR count). The summed E-state index contributed by atoms with van der Waals surface area (Å²) in [4.78, 5) is 11.9. The van der Waals surface area contributed by atoms with E-state index in [0.29, 0.717) is 35.4 Å². The zero-order valence-corrected chi connectivity index (χ0v) is 14.9. The molecule has 5 nitrogen and oxygen atoms in total. The molecule has 2 aromatic carbocycles. The van der Waals surface area contributed by atoms with Crippen molar-refractivity contribution < 1.29 is 19.0 Å². The third-order valence-corrected chi connectivity index (χ3v) is 3.58. The lowest BCUT2D eigenvalue weighted by molar-refractivity contribution is -0.116. The van der Waals surface area contributed by atoms with E-state index in [4.69, 9.17) is 25.8 Å². The first-order valence-corrected chi connectivity index (χ1v) is 8.07. The summed E-state index contributed by atoms with van der Waals surface area (Å²) < 4.78 is 16.1. The number of methoxy groups -OCH3 is 2. The van der Waals surface area contributed by atoms with Gasteiger partial charge >= 0.3 is 0 Å². The predicted molar refractivity (Wildman–Crippen MR) is 98.5 cm³/mol. The summed E-state index contributed by atoms with van der Waals surface area (Å²) in [6.07, 6.45) is 3.12. The lowest BCUT2D eigenvalue weighted by Crippen LogP contribution is -2.26. The van der Waals surface area contributed by atoms with Crippen LogP contribution in [0.4, 0.5) is 0 Å². The van der Waals surface area contributed by atoms with Crippen LogP contribution in [0.25, 0.3) is 6.08 Å². The third-order valence-electron chi connectivity index (χ3n) is 3.33. The first-order chi connectivity index (χ1) is 12.1. The van der Waals surface area contributed by atoms with Gasteiger partial charge < -0.3 is 19.5 Å². The summed E-state index contributed by atoms with van der Waals surface area (Å²) in [6.45, 7) is 0.755. The van der Waals surface area contributed by atoms with Crippen molar-refractivity contribution in [3.05, 3.63) is 59.1 Å². The van der Waals surface area contributed by atoms with Crippen LogP contribution in [0.5, 0.6) is 17.2 Å². The minimum atomic E-state index is -0.218. The zero-order chi connectivity index (χ0) is 18.1. The molecule has 0 bridgehead atoms. The van der Waals surface area contributed by atoms with Crippen molar-refractivity contribution in [1.82, 2.24) is 5.32 Å². The molecule has 0 aliphatic heterocycles. The average Bonchev–Trinajstić information content (AvgIpc) is 2.64. The second kappa shape index (κ2) is 9.59. The number of ether oxygens (including phenoxy) is 3. The van der Waals surface area contributed by atoms with Crippen LogP contribution >= 0.6 is 11.6 Å². The summed E-state index contributed by atoms with van der Waals surface area (Å²) in [5.41, 5.74) is 0.759. The van der Waals surface area contributed by atoms with Crippen LogP contribution in [0.1, 0.15) is 5.56 Å². The van der Waals surface area contributed by atoms with Gasteiger partial charge in [-0.3, -0.25) is 4.79 Å². The van der Waals surface area contributed by atoms with Crippen molar-refractivity contribution in [3.8, 4) is 17.2 Å². The molecule has 0 heterocycles. The van der Waals surface area contributed by atoms with Crippen LogP contribution in [0, 0.1) is 0 Å². The zero-order valence-electron chi connectivity index (χ0n) is 14.1. The molecule has 1 N–H and O–H groups in total. The van der Waals surface area contributed by atoms with E-state index in [1.807, 2.05) is 12.1 Å². The number of halogens is 1. The Bertz CT molecular complexity index is 729. The van der Waals surface area contributed by atoms with E-state index >= 15 is 0 Å². The fraction of sp³-hybridized carbons (Fsp3) is 0.211. The van der Waals surface area contributed by atoms with E-state index < -0.39 is 0 Å². The van der Waals surface area contributed by atoms with Gasteiger partial charge in [0.05, 0.1) is 20.8 Å². The first-order valence-electron chi connectivity index (χ1n) is 7.69. The van der Waals surface area contributed by atoms with Gasteiger partial charge in [-0.05, 0) is 36.4 Å². The van der Waals surface area contributed by atoms with Crippen LogP contribution in [-0.2, 0) is 4.79 Å². The van der Waals surface area contributed by atoms with Crippen molar-refractivity contribution in [2.75, 3.05) is 27.4 Å². The Morgan fingerprint density at radius 2 is 1.88 bits per heavy atom. The van der Waals surface area contributed by atoms with E-state index in [1.165, 1.54) is 6.08 Å². The monoisotopic (exact) mass is 361 g/mol. The Kier molecular flexibility index (Phi) is 7.16. The Balaban J connectivity index is 1.82. The quantitative estimate of drug-likeness (QED) is 0.577. The largest absolute Gasteiger partial charge is 0.493 e. The molecule has 0 spiro atoms. The molecule has 0 saturated carbocycles. The number of nitrogens with one attached hydrogen (secondary N) is 1. The predicted octanol–water partition coefficient (Wildman–Crippen LogP) is 3.57. The van der Waals surface area contributed by atoms with Gasteiger partial charge in [-0.25, -0.2) is 0 Å². The lowest BCUT2D eigenvalue weighted by atomic mass is 10.1. The molecular formula is C19H20ClNO4. The summed E-state index contributed by atoms with van der Waals surface area (Å²) >= 11 is 5.80. The number of rotatable bonds is 8.